The van der Waals surface area contributed by atoms with Crippen LogP contribution in [-0.2, 0) is 11.2 Å². The van der Waals surface area contributed by atoms with E-state index >= 15 is 0 Å². The van der Waals surface area contributed by atoms with Crippen molar-refractivity contribution in [3.05, 3.63) is 5.82 Å². The number of aromatic nitrogens is 3. The fourth-order valence-electron chi connectivity index (χ4n) is 2.74. The number of hydrogen-bond donors (Lipinski definition) is 1. The Bertz CT molecular complexity index is 464. The van der Waals surface area contributed by atoms with Crippen molar-refractivity contribution in [1.82, 2.24) is 14.8 Å². The van der Waals surface area contributed by atoms with Gasteiger partial charge in [0.25, 0.3) is 0 Å². The highest BCUT2D eigenvalue weighted by atomic mass is 32.2. The average molecular weight is 315 g/mol. The lowest BCUT2D eigenvalue weighted by molar-refractivity contribution is -0.133. The van der Waals surface area contributed by atoms with Crippen LogP contribution in [-0.4, -0.2) is 43.1 Å². The highest BCUT2D eigenvalue weighted by Gasteiger charge is 2.31. The Morgan fingerprint density at radius 3 is 2.90 bits per heavy atom. The van der Waals surface area contributed by atoms with Gasteiger partial charge in [-0.15, -0.1) is 10.2 Å². The summed E-state index contributed by atoms with van der Waals surface area (Å²) in [5.74, 6) is 0.238. The lowest BCUT2D eigenvalue weighted by Gasteiger charge is -2.22. The van der Waals surface area contributed by atoms with E-state index in [2.05, 4.69) is 27.9 Å². The zero-order chi connectivity index (χ0) is 14.5. The second-order valence-electron chi connectivity index (χ2n) is 4.97. The van der Waals surface area contributed by atoms with Crippen LogP contribution in [0.3, 0.4) is 0 Å². The number of thioether (sulfide) groups is 2. The van der Waals surface area contributed by atoms with Gasteiger partial charge in [0.2, 0.25) is 0 Å². The molecule has 1 aromatic rings. The van der Waals surface area contributed by atoms with Gasteiger partial charge in [0.05, 0.1) is 5.75 Å². The molecule has 0 bridgehead atoms. The third-order valence-corrected chi connectivity index (χ3v) is 5.67. The lowest BCUT2D eigenvalue weighted by Crippen LogP contribution is -2.19. The van der Waals surface area contributed by atoms with E-state index in [0.29, 0.717) is 11.3 Å². The van der Waals surface area contributed by atoms with Gasteiger partial charge in [-0.2, -0.15) is 11.8 Å². The van der Waals surface area contributed by atoms with E-state index in [4.69, 9.17) is 5.11 Å². The Balaban J connectivity index is 2.26. The molecule has 0 aromatic carbocycles. The quantitative estimate of drug-likeness (QED) is 0.780. The predicted molar refractivity (Wildman–Crippen MR) is 82.6 cm³/mol. The third-order valence-electron chi connectivity index (χ3n) is 3.59. The largest absolute Gasteiger partial charge is 0.481 e. The molecule has 0 radical (unpaired) electrons. The Labute approximate surface area is 127 Å². The first-order valence-electron chi connectivity index (χ1n) is 6.98. The van der Waals surface area contributed by atoms with Crippen molar-refractivity contribution in [2.45, 2.75) is 55.5 Å². The van der Waals surface area contributed by atoms with E-state index in [0.717, 1.165) is 30.2 Å². The molecule has 0 amide bonds. The molecular formula is C13H21N3O2S2. The molecule has 112 valence electrons. The molecule has 7 heteroatoms. The number of hydrogen-bond acceptors (Lipinski definition) is 5. The smallest absolute Gasteiger partial charge is 0.313 e. The van der Waals surface area contributed by atoms with Crippen molar-refractivity contribution in [3.8, 4) is 0 Å². The van der Waals surface area contributed by atoms with Gasteiger partial charge in [-0.1, -0.05) is 25.1 Å². The summed E-state index contributed by atoms with van der Waals surface area (Å²) in [6.45, 7) is 2.13. The van der Waals surface area contributed by atoms with Crippen molar-refractivity contribution in [1.29, 1.82) is 0 Å². The van der Waals surface area contributed by atoms with E-state index in [1.54, 1.807) is 0 Å². The normalized spacial score (nSPS) is 22.3. The summed E-state index contributed by atoms with van der Waals surface area (Å²) < 4.78 is 2.21. The first-order chi connectivity index (χ1) is 9.67. The Morgan fingerprint density at radius 1 is 1.45 bits per heavy atom. The molecule has 1 aliphatic rings. The molecule has 1 heterocycles. The van der Waals surface area contributed by atoms with Gasteiger partial charge in [-0.05, 0) is 25.5 Å². The number of carboxylic acid groups (broad SMARTS) is 1. The molecule has 2 unspecified atom stereocenters. The van der Waals surface area contributed by atoms with Crippen molar-refractivity contribution in [3.63, 3.8) is 0 Å². The fourth-order valence-corrected chi connectivity index (χ4v) is 4.44. The molecule has 1 N–H and O–H groups in total. The van der Waals surface area contributed by atoms with Gasteiger partial charge in [0, 0.05) is 17.7 Å². The van der Waals surface area contributed by atoms with E-state index < -0.39 is 5.97 Å². The Morgan fingerprint density at radius 2 is 2.25 bits per heavy atom. The molecular weight excluding hydrogens is 294 g/mol. The number of carboxylic acids is 1. The number of carbonyl (C=O) groups is 1. The molecule has 1 fully saturated rings. The minimum absolute atomic E-state index is 0.0426. The molecule has 2 atom stereocenters. The van der Waals surface area contributed by atoms with Crippen molar-refractivity contribution < 1.29 is 9.90 Å². The molecule has 1 aromatic heterocycles. The lowest BCUT2D eigenvalue weighted by atomic mass is 10.2. The molecule has 5 nitrogen and oxygen atoms in total. The monoisotopic (exact) mass is 315 g/mol. The average Bonchev–Trinajstić information content (AvgIpc) is 3.02. The molecule has 1 saturated carbocycles. The maximum absolute atomic E-state index is 10.8. The van der Waals surface area contributed by atoms with E-state index in [-0.39, 0.29) is 5.75 Å². The van der Waals surface area contributed by atoms with Crippen molar-refractivity contribution >= 4 is 29.5 Å². The SMILES string of the molecule is CCCc1nnc(SCC(=O)O)n1C1CCCC1SC. The topological polar surface area (TPSA) is 68.0 Å². The summed E-state index contributed by atoms with van der Waals surface area (Å²) in [6.07, 6.45) is 7.66. The summed E-state index contributed by atoms with van der Waals surface area (Å²) in [5, 5.41) is 18.7. The highest BCUT2D eigenvalue weighted by Crippen LogP contribution is 2.40. The Kier molecular flexibility index (Phi) is 5.77. The van der Waals surface area contributed by atoms with Crippen LogP contribution in [0, 0.1) is 0 Å². The molecule has 20 heavy (non-hydrogen) atoms. The maximum Gasteiger partial charge on any atom is 0.313 e. The molecule has 2 rings (SSSR count). The van der Waals surface area contributed by atoms with Crippen LogP contribution in [0.15, 0.2) is 5.16 Å². The highest BCUT2D eigenvalue weighted by molar-refractivity contribution is 7.99. The molecule has 0 spiro atoms. The van der Waals surface area contributed by atoms with Gasteiger partial charge in [-0.3, -0.25) is 4.79 Å². The summed E-state index contributed by atoms with van der Waals surface area (Å²) in [4.78, 5) is 10.8. The second kappa shape index (κ2) is 7.36. The van der Waals surface area contributed by atoms with E-state index in [9.17, 15) is 4.79 Å². The van der Waals surface area contributed by atoms with Gasteiger partial charge in [0.15, 0.2) is 5.16 Å². The van der Waals surface area contributed by atoms with Crippen LogP contribution in [0.5, 0.6) is 0 Å². The summed E-state index contributed by atoms with van der Waals surface area (Å²) in [5.41, 5.74) is 0. The number of aliphatic carboxylic acids is 1. The predicted octanol–water partition coefficient (Wildman–Crippen LogP) is 2.86. The first-order valence-corrected chi connectivity index (χ1v) is 9.25. The van der Waals surface area contributed by atoms with Gasteiger partial charge < -0.3 is 9.67 Å². The minimum Gasteiger partial charge on any atom is -0.481 e. The van der Waals surface area contributed by atoms with Gasteiger partial charge in [-0.25, -0.2) is 0 Å². The maximum atomic E-state index is 10.8. The van der Waals surface area contributed by atoms with E-state index in [1.165, 1.54) is 24.6 Å². The summed E-state index contributed by atoms with van der Waals surface area (Å²) in [6, 6.07) is 0.415. The summed E-state index contributed by atoms with van der Waals surface area (Å²) in [7, 11) is 0. The minimum atomic E-state index is -0.811. The summed E-state index contributed by atoms with van der Waals surface area (Å²) >= 11 is 3.18. The first kappa shape index (κ1) is 15.7. The van der Waals surface area contributed by atoms with E-state index in [1.807, 2.05) is 11.8 Å². The zero-order valence-electron chi connectivity index (χ0n) is 11.9. The molecule has 0 saturated heterocycles. The van der Waals surface area contributed by atoms with Crippen LogP contribution < -0.4 is 0 Å². The van der Waals surface area contributed by atoms with Gasteiger partial charge in [0.1, 0.15) is 5.82 Å². The van der Waals surface area contributed by atoms with Crippen LogP contribution in [0.4, 0.5) is 0 Å². The van der Waals surface area contributed by atoms with Crippen LogP contribution in [0.25, 0.3) is 0 Å². The number of nitrogens with zero attached hydrogens (tertiary/aromatic N) is 3. The van der Waals surface area contributed by atoms with Crippen LogP contribution in [0.1, 0.15) is 44.5 Å². The van der Waals surface area contributed by atoms with Crippen molar-refractivity contribution in [2.75, 3.05) is 12.0 Å². The standard InChI is InChI=1S/C13H21N3O2S2/c1-3-5-11-14-15-13(20-8-12(17)18)16(11)9-6-4-7-10(9)19-2/h9-10H,3-8H2,1-2H3,(H,17,18). The van der Waals surface area contributed by atoms with Crippen LogP contribution in [0.2, 0.25) is 0 Å². The molecule has 0 aliphatic heterocycles. The Hall–Kier alpha value is -0.690. The number of rotatable bonds is 7. The molecule has 1 aliphatic carbocycles. The van der Waals surface area contributed by atoms with Gasteiger partial charge >= 0.3 is 5.97 Å². The van der Waals surface area contributed by atoms with Crippen molar-refractivity contribution in [2.24, 2.45) is 0 Å². The second-order valence-corrected chi connectivity index (χ2v) is 6.99. The third kappa shape index (κ3) is 3.49. The zero-order valence-corrected chi connectivity index (χ0v) is 13.5. The fraction of sp³-hybridized carbons (Fsp3) is 0.769. The van der Waals surface area contributed by atoms with Crippen LogP contribution >= 0.6 is 23.5 Å². The number of aryl methyl sites for hydroxylation is 1.